The van der Waals surface area contributed by atoms with Gasteiger partial charge in [-0.25, -0.2) is 0 Å². The van der Waals surface area contributed by atoms with Crippen LogP contribution in [-0.2, 0) is 0 Å². The monoisotopic (exact) mass is 389 g/mol. The molecule has 1 aliphatic carbocycles. The van der Waals surface area contributed by atoms with Gasteiger partial charge in [-0.3, -0.25) is 4.79 Å². The van der Waals surface area contributed by atoms with Crippen LogP contribution < -0.4 is 5.32 Å². The van der Waals surface area contributed by atoms with Crippen molar-refractivity contribution in [3.8, 4) is 5.75 Å². The smallest absolute Gasteiger partial charge is 0.251 e. The summed E-state index contributed by atoms with van der Waals surface area (Å²) in [5, 5.41) is 22.9. The van der Waals surface area contributed by atoms with Gasteiger partial charge in [0.15, 0.2) is 0 Å². The molecule has 4 nitrogen and oxygen atoms in total. The van der Waals surface area contributed by atoms with Crippen molar-refractivity contribution in [2.45, 2.75) is 44.1 Å². The Morgan fingerprint density at radius 2 is 1.90 bits per heavy atom. The van der Waals surface area contributed by atoms with Crippen LogP contribution in [0.2, 0.25) is 0 Å². The summed E-state index contributed by atoms with van der Waals surface area (Å²) in [6.07, 6.45) is 5.81. The molecular weight excluding hydrogens is 369 g/mol. The number of halogens is 1. The van der Waals surface area contributed by atoms with E-state index < -0.39 is 5.60 Å². The van der Waals surface area contributed by atoms with Gasteiger partial charge in [-0.05, 0) is 53.6 Å². The molecule has 0 saturated heterocycles. The van der Waals surface area contributed by atoms with E-state index in [9.17, 15) is 15.0 Å². The molecule has 110 valence electrons. The predicted molar refractivity (Wildman–Crippen MR) is 85.8 cm³/mol. The predicted octanol–water partition coefficient (Wildman–Crippen LogP) is 2.81. The molecule has 0 aliphatic heterocycles. The van der Waals surface area contributed by atoms with Gasteiger partial charge in [0, 0.05) is 12.1 Å². The highest BCUT2D eigenvalue weighted by atomic mass is 127. The van der Waals surface area contributed by atoms with Crippen molar-refractivity contribution in [1.29, 1.82) is 0 Å². The van der Waals surface area contributed by atoms with Crippen molar-refractivity contribution in [3.63, 3.8) is 0 Å². The van der Waals surface area contributed by atoms with E-state index in [-0.39, 0.29) is 18.2 Å². The van der Waals surface area contributed by atoms with Crippen LogP contribution in [0.3, 0.4) is 0 Å². The third-order valence-corrected chi connectivity index (χ3v) is 4.73. The van der Waals surface area contributed by atoms with Gasteiger partial charge in [-0.15, -0.1) is 0 Å². The zero-order chi connectivity index (χ0) is 14.6. The van der Waals surface area contributed by atoms with Crippen LogP contribution in [0.25, 0.3) is 0 Å². The molecule has 1 amide bonds. The summed E-state index contributed by atoms with van der Waals surface area (Å²) in [5.74, 6) is -0.152. The van der Waals surface area contributed by atoms with Crippen LogP contribution >= 0.6 is 22.6 Å². The lowest BCUT2D eigenvalue weighted by Crippen LogP contribution is -2.42. The lowest BCUT2D eigenvalue weighted by molar-refractivity contribution is 0.0246. The first-order chi connectivity index (χ1) is 9.50. The third kappa shape index (κ3) is 4.09. The largest absolute Gasteiger partial charge is 0.507 e. The Labute approximate surface area is 132 Å². The van der Waals surface area contributed by atoms with Crippen molar-refractivity contribution < 1.29 is 15.0 Å². The lowest BCUT2D eigenvalue weighted by atomic mass is 9.94. The van der Waals surface area contributed by atoms with E-state index in [1.807, 2.05) is 22.6 Å². The van der Waals surface area contributed by atoms with Crippen LogP contribution in [-0.4, -0.2) is 28.3 Å². The Morgan fingerprint density at radius 1 is 1.25 bits per heavy atom. The van der Waals surface area contributed by atoms with Crippen molar-refractivity contribution in [2.24, 2.45) is 0 Å². The highest BCUT2D eigenvalue weighted by molar-refractivity contribution is 14.1. The van der Waals surface area contributed by atoms with E-state index in [4.69, 9.17) is 0 Å². The van der Waals surface area contributed by atoms with Gasteiger partial charge in [0.1, 0.15) is 5.75 Å². The van der Waals surface area contributed by atoms with Crippen LogP contribution in [0.5, 0.6) is 5.75 Å². The molecular formula is C15H20INO3. The molecule has 0 bridgehead atoms. The zero-order valence-corrected chi connectivity index (χ0v) is 13.5. The molecule has 3 N–H and O–H groups in total. The summed E-state index contributed by atoms with van der Waals surface area (Å²) in [5.41, 5.74) is -0.364. The number of carbonyl (C=O) groups is 1. The average molecular weight is 389 g/mol. The van der Waals surface area contributed by atoms with Crippen LogP contribution in [0.15, 0.2) is 18.2 Å². The fraction of sp³-hybridized carbons (Fsp3) is 0.533. The van der Waals surface area contributed by atoms with E-state index >= 15 is 0 Å². The Morgan fingerprint density at radius 3 is 2.50 bits per heavy atom. The number of aromatic hydroxyl groups is 1. The second-order valence-corrected chi connectivity index (χ2v) is 6.65. The minimum Gasteiger partial charge on any atom is -0.507 e. The molecule has 1 fully saturated rings. The van der Waals surface area contributed by atoms with Crippen LogP contribution in [0.4, 0.5) is 0 Å². The first kappa shape index (κ1) is 15.6. The lowest BCUT2D eigenvalue weighted by Gasteiger charge is -2.26. The van der Waals surface area contributed by atoms with Gasteiger partial charge in [-0.2, -0.15) is 0 Å². The second kappa shape index (κ2) is 6.76. The van der Waals surface area contributed by atoms with Gasteiger partial charge in [0.25, 0.3) is 5.91 Å². The standard InChI is InChI=1S/C15H20INO3/c16-12-6-5-11(9-13(12)18)14(19)17-10-15(20)7-3-1-2-4-8-15/h5-6,9,18,20H,1-4,7-8,10H2,(H,17,19). The minimum atomic E-state index is -0.780. The fourth-order valence-electron chi connectivity index (χ4n) is 2.56. The average Bonchev–Trinajstić information content (AvgIpc) is 2.65. The summed E-state index contributed by atoms with van der Waals surface area (Å²) in [6.45, 7) is 0.276. The molecule has 1 aromatic rings. The number of hydrogen-bond donors (Lipinski definition) is 3. The number of benzene rings is 1. The molecule has 1 aromatic carbocycles. The van der Waals surface area contributed by atoms with Crippen LogP contribution in [0, 0.1) is 3.57 Å². The Balaban J connectivity index is 1.95. The highest BCUT2D eigenvalue weighted by Crippen LogP contribution is 2.26. The van der Waals surface area contributed by atoms with E-state index in [1.54, 1.807) is 12.1 Å². The zero-order valence-electron chi connectivity index (χ0n) is 11.4. The van der Waals surface area contributed by atoms with Crippen LogP contribution in [0.1, 0.15) is 48.9 Å². The first-order valence-electron chi connectivity index (χ1n) is 6.99. The van der Waals surface area contributed by atoms with Gasteiger partial charge >= 0.3 is 0 Å². The summed E-state index contributed by atoms with van der Waals surface area (Å²) in [4.78, 5) is 12.0. The molecule has 0 aromatic heterocycles. The number of aliphatic hydroxyl groups is 1. The topological polar surface area (TPSA) is 69.6 Å². The maximum absolute atomic E-state index is 12.0. The number of nitrogens with one attached hydrogen (secondary N) is 1. The molecule has 2 rings (SSSR count). The fourth-order valence-corrected chi connectivity index (χ4v) is 2.90. The van der Waals surface area contributed by atoms with Gasteiger partial charge < -0.3 is 15.5 Å². The summed E-state index contributed by atoms with van der Waals surface area (Å²) in [6, 6.07) is 4.83. The molecule has 0 heterocycles. The summed E-state index contributed by atoms with van der Waals surface area (Å²) in [7, 11) is 0. The molecule has 0 unspecified atom stereocenters. The number of rotatable bonds is 3. The van der Waals surface area contributed by atoms with Gasteiger partial charge in [0.2, 0.25) is 0 Å². The number of phenols is 1. The first-order valence-corrected chi connectivity index (χ1v) is 8.07. The minimum absolute atomic E-state index is 0.103. The van der Waals surface area contributed by atoms with E-state index in [0.29, 0.717) is 9.13 Å². The summed E-state index contributed by atoms with van der Waals surface area (Å²) < 4.78 is 0.710. The second-order valence-electron chi connectivity index (χ2n) is 5.49. The van der Waals surface area contributed by atoms with E-state index in [2.05, 4.69) is 5.32 Å². The molecule has 5 heteroatoms. The Hall–Kier alpha value is -0.820. The van der Waals surface area contributed by atoms with Crippen molar-refractivity contribution >= 4 is 28.5 Å². The molecule has 1 saturated carbocycles. The maximum atomic E-state index is 12.0. The molecule has 0 atom stereocenters. The van der Waals surface area contributed by atoms with E-state index in [0.717, 1.165) is 38.5 Å². The van der Waals surface area contributed by atoms with Crippen molar-refractivity contribution in [1.82, 2.24) is 5.32 Å². The molecule has 1 aliphatic rings. The van der Waals surface area contributed by atoms with Crippen molar-refractivity contribution in [3.05, 3.63) is 27.3 Å². The number of carbonyl (C=O) groups excluding carboxylic acids is 1. The number of amides is 1. The third-order valence-electron chi connectivity index (χ3n) is 3.82. The number of hydrogen-bond acceptors (Lipinski definition) is 3. The maximum Gasteiger partial charge on any atom is 0.251 e. The van der Waals surface area contributed by atoms with Gasteiger partial charge in [-0.1, -0.05) is 25.7 Å². The molecule has 20 heavy (non-hydrogen) atoms. The number of phenolic OH excluding ortho intramolecular Hbond substituents is 1. The Kier molecular flexibility index (Phi) is 5.26. The normalized spacial score (nSPS) is 18.3. The Bertz CT molecular complexity index is 482. The molecule has 0 radical (unpaired) electrons. The van der Waals surface area contributed by atoms with Gasteiger partial charge in [0.05, 0.1) is 9.17 Å². The quantitative estimate of drug-likeness (QED) is 0.550. The SMILES string of the molecule is O=C(NCC1(O)CCCCCC1)c1ccc(I)c(O)c1. The highest BCUT2D eigenvalue weighted by Gasteiger charge is 2.28. The summed E-state index contributed by atoms with van der Waals surface area (Å²) >= 11 is 2.01. The molecule has 0 spiro atoms. The van der Waals surface area contributed by atoms with E-state index in [1.165, 1.54) is 6.07 Å². The van der Waals surface area contributed by atoms with Crippen molar-refractivity contribution in [2.75, 3.05) is 6.54 Å².